The zero-order valence-corrected chi connectivity index (χ0v) is 14.4. The first kappa shape index (κ1) is 16.4. The minimum absolute atomic E-state index is 0.797. The monoisotopic (exact) mass is 287 g/mol. The molecule has 1 N–H and O–H groups in total. The molecule has 0 saturated heterocycles. The summed E-state index contributed by atoms with van der Waals surface area (Å²) in [7, 11) is 0. The Morgan fingerprint density at radius 2 is 2.14 bits per heavy atom. The van der Waals surface area contributed by atoms with Crippen LogP contribution in [0, 0.1) is 23.7 Å². The summed E-state index contributed by atoms with van der Waals surface area (Å²) < 4.78 is 0. The second kappa shape index (κ2) is 7.33. The molecule has 0 aromatic rings. The van der Waals surface area contributed by atoms with Crippen molar-refractivity contribution in [2.75, 3.05) is 0 Å². The van der Waals surface area contributed by atoms with Crippen molar-refractivity contribution in [3.63, 3.8) is 0 Å². The van der Waals surface area contributed by atoms with Gasteiger partial charge in [0.1, 0.15) is 0 Å². The largest absolute Gasteiger partial charge is 0.359 e. The van der Waals surface area contributed by atoms with E-state index in [2.05, 4.69) is 51.7 Å². The summed E-state index contributed by atoms with van der Waals surface area (Å²) in [6.45, 7) is 13.7. The maximum atomic E-state index is 4.32. The Morgan fingerprint density at radius 3 is 2.81 bits per heavy atom. The highest BCUT2D eigenvalue weighted by atomic mass is 14.9. The maximum Gasteiger partial charge on any atom is 0.0367 e. The molecule has 0 radical (unpaired) electrons. The van der Waals surface area contributed by atoms with Gasteiger partial charge in [0.15, 0.2) is 0 Å². The van der Waals surface area contributed by atoms with E-state index in [9.17, 15) is 0 Å². The molecule has 2 rings (SSSR count). The van der Waals surface area contributed by atoms with Gasteiger partial charge >= 0.3 is 0 Å². The van der Waals surface area contributed by atoms with Crippen LogP contribution in [0.4, 0.5) is 0 Å². The summed E-state index contributed by atoms with van der Waals surface area (Å²) in [5, 5.41) is 3.59. The standard InChI is InChI=1S/C20H33N/c1-14(2)19-11-10-15(3)12-18(19)13-17(5)21-20-9-7-6-8-16(20)4/h7,9,14-15,18-19,21H,5-6,8,10-13H2,1-4H3. The van der Waals surface area contributed by atoms with Gasteiger partial charge in [0.05, 0.1) is 0 Å². The van der Waals surface area contributed by atoms with Crippen LogP contribution >= 0.6 is 0 Å². The Morgan fingerprint density at radius 1 is 1.38 bits per heavy atom. The van der Waals surface area contributed by atoms with Crippen LogP contribution in [-0.4, -0.2) is 0 Å². The second-order valence-electron chi connectivity index (χ2n) is 7.65. The zero-order valence-electron chi connectivity index (χ0n) is 14.4. The van der Waals surface area contributed by atoms with E-state index < -0.39 is 0 Å². The van der Waals surface area contributed by atoms with Crippen molar-refractivity contribution >= 4 is 0 Å². The highest BCUT2D eigenvalue weighted by Crippen LogP contribution is 2.40. The molecule has 0 spiro atoms. The zero-order chi connectivity index (χ0) is 15.4. The molecule has 0 aromatic heterocycles. The molecule has 3 unspecified atom stereocenters. The van der Waals surface area contributed by atoms with Gasteiger partial charge in [-0.25, -0.2) is 0 Å². The topological polar surface area (TPSA) is 12.0 Å². The fraction of sp³-hybridized carbons (Fsp3) is 0.700. The first-order valence-corrected chi connectivity index (χ1v) is 8.78. The molecular formula is C20H33N. The van der Waals surface area contributed by atoms with Crippen molar-refractivity contribution in [3.8, 4) is 0 Å². The van der Waals surface area contributed by atoms with Crippen molar-refractivity contribution in [3.05, 3.63) is 35.7 Å². The fourth-order valence-corrected chi connectivity index (χ4v) is 4.12. The first-order chi connectivity index (χ1) is 9.97. The van der Waals surface area contributed by atoms with Gasteiger partial charge in [-0.1, -0.05) is 39.8 Å². The SMILES string of the molecule is C=C(CC1CC(C)CCC1C(C)C)NC1=C(C)CCC=C1. The van der Waals surface area contributed by atoms with Gasteiger partial charge < -0.3 is 5.32 Å². The van der Waals surface area contributed by atoms with E-state index in [-0.39, 0.29) is 0 Å². The third kappa shape index (κ3) is 4.49. The van der Waals surface area contributed by atoms with Crippen LogP contribution in [0.5, 0.6) is 0 Å². The maximum absolute atomic E-state index is 4.32. The molecule has 0 aliphatic heterocycles. The highest BCUT2D eigenvalue weighted by molar-refractivity contribution is 5.29. The van der Waals surface area contributed by atoms with E-state index in [1.54, 1.807) is 0 Å². The van der Waals surface area contributed by atoms with E-state index >= 15 is 0 Å². The van der Waals surface area contributed by atoms with Crippen LogP contribution in [-0.2, 0) is 0 Å². The number of hydrogen-bond acceptors (Lipinski definition) is 1. The molecule has 1 heteroatoms. The second-order valence-corrected chi connectivity index (χ2v) is 7.65. The highest BCUT2D eigenvalue weighted by Gasteiger charge is 2.30. The van der Waals surface area contributed by atoms with Crippen LogP contribution in [0.2, 0.25) is 0 Å². The van der Waals surface area contributed by atoms with Crippen LogP contribution in [0.15, 0.2) is 35.7 Å². The Balaban J connectivity index is 1.95. The lowest BCUT2D eigenvalue weighted by Gasteiger charge is -2.38. The summed E-state index contributed by atoms with van der Waals surface area (Å²) in [5.74, 6) is 3.36. The van der Waals surface area contributed by atoms with E-state index in [0.29, 0.717) is 0 Å². The molecule has 118 valence electrons. The smallest absolute Gasteiger partial charge is 0.0367 e. The van der Waals surface area contributed by atoms with Crippen LogP contribution in [0.25, 0.3) is 0 Å². The molecule has 1 nitrogen and oxygen atoms in total. The summed E-state index contributed by atoms with van der Waals surface area (Å²) in [6, 6.07) is 0. The summed E-state index contributed by atoms with van der Waals surface area (Å²) in [4.78, 5) is 0. The van der Waals surface area contributed by atoms with Gasteiger partial charge in [-0.05, 0) is 74.3 Å². The van der Waals surface area contributed by atoms with Gasteiger partial charge in [0, 0.05) is 11.4 Å². The molecule has 0 amide bonds. The summed E-state index contributed by atoms with van der Waals surface area (Å²) >= 11 is 0. The molecule has 2 aliphatic carbocycles. The molecular weight excluding hydrogens is 254 g/mol. The third-order valence-corrected chi connectivity index (χ3v) is 5.41. The van der Waals surface area contributed by atoms with Crippen molar-refractivity contribution in [1.82, 2.24) is 5.32 Å². The van der Waals surface area contributed by atoms with E-state index in [4.69, 9.17) is 0 Å². The minimum atomic E-state index is 0.797. The quantitative estimate of drug-likeness (QED) is 0.672. The Hall–Kier alpha value is -0.980. The van der Waals surface area contributed by atoms with E-state index in [1.165, 1.54) is 49.1 Å². The molecule has 1 saturated carbocycles. The van der Waals surface area contributed by atoms with Crippen molar-refractivity contribution in [2.24, 2.45) is 23.7 Å². The number of hydrogen-bond donors (Lipinski definition) is 1. The third-order valence-electron chi connectivity index (χ3n) is 5.41. The lowest BCUT2D eigenvalue weighted by molar-refractivity contribution is 0.143. The van der Waals surface area contributed by atoms with Crippen LogP contribution in [0.3, 0.4) is 0 Å². The van der Waals surface area contributed by atoms with E-state index in [0.717, 1.165) is 30.1 Å². The Labute approximate surface area is 131 Å². The molecule has 2 aliphatic rings. The summed E-state index contributed by atoms with van der Waals surface area (Å²) in [6.07, 6.45) is 12.2. The summed E-state index contributed by atoms with van der Waals surface area (Å²) in [5.41, 5.74) is 3.97. The fourth-order valence-electron chi connectivity index (χ4n) is 4.12. The Bertz CT molecular complexity index is 427. The van der Waals surface area contributed by atoms with E-state index in [1.807, 2.05) is 0 Å². The average molecular weight is 287 g/mol. The van der Waals surface area contributed by atoms with Crippen LogP contribution in [0.1, 0.15) is 66.2 Å². The molecule has 3 atom stereocenters. The lowest BCUT2D eigenvalue weighted by atomic mass is 9.68. The van der Waals surface area contributed by atoms with Gasteiger partial charge in [0.25, 0.3) is 0 Å². The number of nitrogens with one attached hydrogen (secondary N) is 1. The molecule has 0 bridgehead atoms. The molecule has 1 fully saturated rings. The molecule has 0 aromatic carbocycles. The Kier molecular flexibility index (Phi) is 5.72. The van der Waals surface area contributed by atoms with Gasteiger partial charge in [0.2, 0.25) is 0 Å². The van der Waals surface area contributed by atoms with Crippen molar-refractivity contribution in [1.29, 1.82) is 0 Å². The number of rotatable bonds is 5. The van der Waals surface area contributed by atoms with Crippen LogP contribution < -0.4 is 5.32 Å². The minimum Gasteiger partial charge on any atom is -0.359 e. The first-order valence-electron chi connectivity index (χ1n) is 8.78. The predicted octanol–water partition coefficient (Wildman–Crippen LogP) is 5.81. The average Bonchev–Trinajstić information content (AvgIpc) is 2.41. The van der Waals surface area contributed by atoms with Crippen molar-refractivity contribution < 1.29 is 0 Å². The van der Waals surface area contributed by atoms with Gasteiger partial charge in [-0.2, -0.15) is 0 Å². The lowest BCUT2D eigenvalue weighted by Crippen LogP contribution is -2.29. The normalized spacial score (nSPS) is 29.9. The van der Waals surface area contributed by atoms with Gasteiger partial charge in [-0.15, -0.1) is 0 Å². The molecule has 0 heterocycles. The molecule has 21 heavy (non-hydrogen) atoms. The van der Waals surface area contributed by atoms with Gasteiger partial charge in [-0.3, -0.25) is 0 Å². The van der Waals surface area contributed by atoms with Crippen molar-refractivity contribution in [2.45, 2.75) is 66.2 Å². The number of allylic oxidation sites excluding steroid dienone is 4. The predicted molar refractivity (Wildman–Crippen MR) is 92.8 cm³/mol.